The van der Waals surface area contributed by atoms with Crippen molar-refractivity contribution in [3.63, 3.8) is 0 Å². The standard InChI is InChI=1S/C33H28N4O4/c38-31(23-3-10-28(11-4-23)36-33(40)26-7-14-30-25(21-26)15-16-34-30)22-1-8-27(9-2-22)35-32(39)24-5-12-29(13-6-24)37-17-19-41-20-18-37/h1-16,21,34H,17-20H2,(H,35,39)(H,36,40). The van der Waals surface area contributed by atoms with Gasteiger partial charge in [-0.2, -0.15) is 0 Å². The Balaban J connectivity index is 1.05. The second-order valence-electron chi connectivity index (χ2n) is 9.82. The van der Waals surface area contributed by atoms with Crippen LogP contribution in [0.2, 0.25) is 0 Å². The molecule has 204 valence electrons. The number of morpholine rings is 1. The number of benzene rings is 4. The molecule has 0 unspecified atom stereocenters. The molecule has 8 heteroatoms. The van der Waals surface area contributed by atoms with Crippen LogP contribution in [0.25, 0.3) is 10.9 Å². The quantitative estimate of drug-likeness (QED) is 0.227. The minimum absolute atomic E-state index is 0.155. The molecular weight excluding hydrogens is 516 g/mol. The molecule has 4 aromatic carbocycles. The number of anilines is 3. The molecule has 2 amide bonds. The van der Waals surface area contributed by atoms with E-state index in [1.165, 1.54) is 0 Å². The lowest BCUT2D eigenvalue weighted by molar-refractivity contribution is 0.101. The second-order valence-corrected chi connectivity index (χ2v) is 9.82. The number of ketones is 1. The molecule has 1 fully saturated rings. The number of nitrogens with zero attached hydrogens (tertiary/aromatic N) is 1. The largest absolute Gasteiger partial charge is 0.378 e. The Labute approximate surface area is 236 Å². The van der Waals surface area contributed by atoms with E-state index in [4.69, 9.17) is 4.74 Å². The number of hydrogen-bond acceptors (Lipinski definition) is 5. The monoisotopic (exact) mass is 544 g/mol. The van der Waals surface area contributed by atoms with Gasteiger partial charge in [-0.05, 0) is 97.1 Å². The Bertz CT molecular complexity index is 1700. The maximum absolute atomic E-state index is 13.0. The zero-order chi connectivity index (χ0) is 28.2. The van der Waals surface area contributed by atoms with Crippen LogP contribution in [-0.2, 0) is 4.74 Å². The minimum atomic E-state index is -0.224. The molecule has 5 aromatic rings. The zero-order valence-corrected chi connectivity index (χ0v) is 22.2. The van der Waals surface area contributed by atoms with Gasteiger partial charge in [0.05, 0.1) is 13.2 Å². The van der Waals surface area contributed by atoms with Gasteiger partial charge in [0.25, 0.3) is 11.8 Å². The van der Waals surface area contributed by atoms with E-state index in [1.54, 1.807) is 54.6 Å². The van der Waals surface area contributed by atoms with Gasteiger partial charge in [0, 0.05) is 69.5 Å². The van der Waals surface area contributed by atoms with Gasteiger partial charge < -0.3 is 25.3 Å². The summed E-state index contributed by atoms with van der Waals surface area (Å²) in [4.78, 5) is 43.8. The molecule has 0 bridgehead atoms. The Morgan fingerprint density at radius 1 is 0.634 bits per heavy atom. The summed E-state index contributed by atoms with van der Waals surface area (Å²) in [6.45, 7) is 3.08. The van der Waals surface area contributed by atoms with Crippen molar-refractivity contribution in [2.75, 3.05) is 41.8 Å². The molecule has 1 aliphatic rings. The molecule has 6 rings (SSSR count). The van der Waals surface area contributed by atoms with E-state index in [0.717, 1.165) is 29.7 Å². The number of carbonyl (C=O) groups is 3. The van der Waals surface area contributed by atoms with Crippen molar-refractivity contribution in [1.82, 2.24) is 4.98 Å². The van der Waals surface area contributed by atoms with Crippen molar-refractivity contribution in [3.05, 3.63) is 126 Å². The normalized spacial score (nSPS) is 13.1. The molecule has 0 saturated carbocycles. The first-order chi connectivity index (χ1) is 20.0. The van der Waals surface area contributed by atoms with Gasteiger partial charge in [0.2, 0.25) is 0 Å². The summed E-state index contributed by atoms with van der Waals surface area (Å²) in [5.74, 6) is -0.599. The molecule has 0 radical (unpaired) electrons. The number of fused-ring (bicyclic) bond motifs is 1. The van der Waals surface area contributed by atoms with Crippen LogP contribution in [0.3, 0.4) is 0 Å². The highest BCUT2D eigenvalue weighted by atomic mass is 16.5. The molecule has 1 aliphatic heterocycles. The molecular formula is C33H28N4O4. The molecule has 2 heterocycles. The summed E-state index contributed by atoms with van der Waals surface area (Å²) in [6, 6.07) is 28.5. The Morgan fingerprint density at radius 2 is 1.17 bits per heavy atom. The third-order valence-electron chi connectivity index (χ3n) is 7.13. The molecule has 8 nitrogen and oxygen atoms in total. The topological polar surface area (TPSA) is 104 Å². The van der Waals surface area contributed by atoms with Crippen LogP contribution >= 0.6 is 0 Å². The Hall–Kier alpha value is -5.21. The summed E-state index contributed by atoms with van der Waals surface area (Å²) in [5, 5.41) is 6.72. The number of rotatable bonds is 7. The number of aromatic amines is 1. The van der Waals surface area contributed by atoms with Crippen molar-refractivity contribution in [2.24, 2.45) is 0 Å². The first-order valence-corrected chi connectivity index (χ1v) is 13.4. The van der Waals surface area contributed by atoms with Crippen molar-refractivity contribution in [1.29, 1.82) is 0 Å². The van der Waals surface area contributed by atoms with Gasteiger partial charge in [-0.25, -0.2) is 0 Å². The van der Waals surface area contributed by atoms with Crippen molar-refractivity contribution in [2.45, 2.75) is 0 Å². The fraction of sp³-hybridized carbons (Fsp3) is 0.121. The summed E-state index contributed by atoms with van der Waals surface area (Å²) in [6.07, 6.45) is 1.83. The van der Waals surface area contributed by atoms with Gasteiger partial charge in [-0.15, -0.1) is 0 Å². The highest BCUT2D eigenvalue weighted by molar-refractivity contribution is 6.10. The minimum Gasteiger partial charge on any atom is -0.378 e. The molecule has 1 aromatic heterocycles. The summed E-state index contributed by atoms with van der Waals surface area (Å²) in [7, 11) is 0. The Morgan fingerprint density at radius 3 is 1.78 bits per heavy atom. The second kappa shape index (κ2) is 11.5. The molecule has 0 aliphatic carbocycles. The van der Waals surface area contributed by atoms with Gasteiger partial charge in [-0.1, -0.05) is 0 Å². The average molecular weight is 545 g/mol. The maximum atomic E-state index is 13.0. The number of aromatic nitrogens is 1. The fourth-order valence-electron chi connectivity index (χ4n) is 4.82. The molecule has 3 N–H and O–H groups in total. The predicted molar refractivity (Wildman–Crippen MR) is 160 cm³/mol. The molecule has 0 spiro atoms. The molecule has 41 heavy (non-hydrogen) atoms. The lowest BCUT2D eigenvalue weighted by atomic mass is 10.0. The van der Waals surface area contributed by atoms with Crippen LogP contribution in [0.15, 0.2) is 103 Å². The van der Waals surface area contributed by atoms with E-state index >= 15 is 0 Å². The van der Waals surface area contributed by atoms with E-state index < -0.39 is 0 Å². The summed E-state index contributed by atoms with van der Waals surface area (Å²) in [5.41, 5.74) is 5.32. The van der Waals surface area contributed by atoms with Crippen LogP contribution in [-0.4, -0.2) is 48.9 Å². The van der Waals surface area contributed by atoms with Crippen LogP contribution < -0.4 is 15.5 Å². The highest BCUT2D eigenvalue weighted by Gasteiger charge is 2.14. The van der Waals surface area contributed by atoms with E-state index in [0.29, 0.717) is 46.8 Å². The third kappa shape index (κ3) is 5.88. The lowest BCUT2D eigenvalue weighted by Crippen LogP contribution is -2.36. The van der Waals surface area contributed by atoms with Gasteiger partial charge in [0.15, 0.2) is 5.78 Å². The SMILES string of the molecule is O=C(Nc1ccc(C(=O)c2ccc(NC(=O)c3ccc4[nH]ccc4c3)cc2)cc1)c1ccc(N2CCOCC2)cc1. The van der Waals surface area contributed by atoms with Gasteiger partial charge >= 0.3 is 0 Å². The average Bonchev–Trinajstić information content (AvgIpc) is 3.50. The van der Waals surface area contributed by atoms with Crippen LogP contribution in [0.4, 0.5) is 17.1 Å². The number of hydrogen-bond donors (Lipinski definition) is 3. The maximum Gasteiger partial charge on any atom is 0.255 e. The summed E-state index contributed by atoms with van der Waals surface area (Å²) >= 11 is 0. The van der Waals surface area contributed by atoms with E-state index in [1.807, 2.05) is 48.7 Å². The summed E-state index contributed by atoms with van der Waals surface area (Å²) < 4.78 is 5.40. The third-order valence-corrected chi connectivity index (χ3v) is 7.13. The number of nitrogens with one attached hydrogen (secondary N) is 3. The van der Waals surface area contributed by atoms with E-state index in [2.05, 4.69) is 20.5 Å². The number of ether oxygens (including phenoxy) is 1. The van der Waals surface area contributed by atoms with Crippen LogP contribution in [0.5, 0.6) is 0 Å². The smallest absolute Gasteiger partial charge is 0.255 e. The first kappa shape index (κ1) is 26.0. The lowest BCUT2D eigenvalue weighted by Gasteiger charge is -2.28. The molecule has 0 atom stereocenters. The Kier molecular flexibility index (Phi) is 7.30. The highest BCUT2D eigenvalue weighted by Crippen LogP contribution is 2.20. The van der Waals surface area contributed by atoms with E-state index in [9.17, 15) is 14.4 Å². The number of H-pyrrole nitrogens is 1. The first-order valence-electron chi connectivity index (χ1n) is 13.4. The van der Waals surface area contributed by atoms with Crippen molar-refractivity contribution >= 4 is 45.6 Å². The van der Waals surface area contributed by atoms with Gasteiger partial charge in [-0.3, -0.25) is 14.4 Å². The van der Waals surface area contributed by atoms with Gasteiger partial charge in [0.1, 0.15) is 0 Å². The van der Waals surface area contributed by atoms with Crippen molar-refractivity contribution < 1.29 is 19.1 Å². The predicted octanol–water partition coefficient (Wildman–Crippen LogP) is 5.74. The molecule has 1 saturated heterocycles. The fourth-order valence-corrected chi connectivity index (χ4v) is 4.82. The van der Waals surface area contributed by atoms with Crippen LogP contribution in [0, 0.1) is 0 Å². The number of carbonyl (C=O) groups excluding carboxylic acids is 3. The van der Waals surface area contributed by atoms with E-state index in [-0.39, 0.29) is 17.6 Å². The van der Waals surface area contributed by atoms with Crippen LogP contribution in [0.1, 0.15) is 36.6 Å². The number of amides is 2. The van der Waals surface area contributed by atoms with Crippen molar-refractivity contribution in [3.8, 4) is 0 Å². The zero-order valence-electron chi connectivity index (χ0n) is 22.2.